The van der Waals surface area contributed by atoms with Crippen LogP contribution in [0.1, 0.15) is 38.5 Å². The Morgan fingerprint density at radius 3 is 2.76 bits per heavy atom. The first-order valence-electron chi connectivity index (χ1n) is 8.24. The Morgan fingerprint density at radius 1 is 1.00 bits per heavy atom. The van der Waals surface area contributed by atoms with Gasteiger partial charge in [-0.3, -0.25) is 0 Å². The Morgan fingerprint density at radius 2 is 1.86 bits per heavy atom. The molecule has 1 aromatic rings. The van der Waals surface area contributed by atoms with Gasteiger partial charge < -0.3 is 19.7 Å². The van der Waals surface area contributed by atoms with Gasteiger partial charge in [0.2, 0.25) is 6.79 Å². The minimum absolute atomic E-state index is 0.325. The highest BCUT2D eigenvalue weighted by atomic mass is 16.7. The molecular weight excluding hydrogens is 264 g/mol. The molecule has 1 N–H and O–H groups in total. The van der Waals surface area contributed by atoms with Gasteiger partial charge in [-0.05, 0) is 37.9 Å². The number of nitrogens with zero attached hydrogens (tertiary/aromatic N) is 1. The highest BCUT2D eigenvalue weighted by Gasteiger charge is 2.35. The van der Waals surface area contributed by atoms with E-state index in [1.165, 1.54) is 44.2 Å². The fourth-order valence-corrected chi connectivity index (χ4v) is 3.99. The molecule has 3 aliphatic rings. The summed E-state index contributed by atoms with van der Waals surface area (Å²) in [5.41, 5.74) is 1.60. The van der Waals surface area contributed by atoms with Crippen LogP contribution < -0.4 is 19.7 Å². The van der Waals surface area contributed by atoms with E-state index >= 15 is 0 Å². The minimum atomic E-state index is 0.325. The van der Waals surface area contributed by atoms with Crippen molar-refractivity contribution in [3.05, 3.63) is 18.2 Å². The molecule has 4 nitrogen and oxygen atoms in total. The lowest BCUT2D eigenvalue weighted by Gasteiger charge is -2.40. The molecule has 1 aliphatic carbocycles. The Hall–Kier alpha value is -1.42. The number of benzene rings is 1. The first-order valence-corrected chi connectivity index (χ1v) is 8.24. The SMILES string of the molecule is c1cc2c(cc1N1CCCNC3(CCCCC3)C1)OCO2. The quantitative estimate of drug-likeness (QED) is 0.861. The minimum Gasteiger partial charge on any atom is -0.454 e. The average Bonchev–Trinajstić information content (AvgIpc) is 2.90. The molecule has 0 amide bonds. The molecule has 1 aromatic carbocycles. The van der Waals surface area contributed by atoms with E-state index in [9.17, 15) is 0 Å². The maximum absolute atomic E-state index is 5.53. The maximum atomic E-state index is 5.53. The Balaban J connectivity index is 1.58. The number of hydrogen-bond donors (Lipinski definition) is 1. The van der Waals surface area contributed by atoms with Gasteiger partial charge in [-0.25, -0.2) is 0 Å². The second kappa shape index (κ2) is 5.41. The second-order valence-electron chi connectivity index (χ2n) is 6.58. The zero-order valence-corrected chi connectivity index (χ0v) is 12.6. The number of rotatable bonds is 1. The summed E-state index contributed by atoms with van der Waals surface area (Å²) < 4.78 is 11.0. The van der Waals surface area contributed by atoms with E-state index in [-0.39, 0.29) is 0 Å². The first kappa shape index (κ1) is 13.3. The monoisotopic (exact) mass is 288 g/mol. The van der Waals surface area contributed by atoms with Crippen molar-refractivity contribution in [2.45, 2.75) is 44.1 Å². The molecule has 1 saturated heterocycles. The van der Waals surface area contributed by atoms with Crippen LogP contribution in [-0.4, -0.2) is 32.0 Å². The predicted molar refractivity (Wildman–Crippen MR) is 83.2 cm³/mol. The molecule has 0 aromatic heterocycles. The van der Waals surface area contributed by atoms with Gasteiger partial charge in [0.25, 0.3) is 0 Å². The molecule has 2 heterocycles. The number of nitrogens with one attached hydrogen (secondary N) is 1. The smallest absolute Gasteiger partial charge is 0.231 e. The predicted octanol–water partition coefficient (Wildman–Crippen LogP) is 2.92. The van der Waals surface area contributed by atoms with Crippen LogP contribution in [0.2, 0.25) is 0 Å². The van der Waals surface area contributed by atoms with Gasteiger partial charge in [-0.1, -0.05) is 19.3 Å². The van der Waals surface area contributed by atoms with Gasteiger partial charge in [0.15, 0.2) is 11.5 Å². The van der Waals surface area contributed by atoms with Crippen LogP contribution in [-0.2, 0) is 0 Å². The van der Waals surface area contributed by atoms with Gasteiger partial charge in [0.1, 0.15) is 0 Å². The largest absolute Gasteiger partial charge is 0.454 e. The molecule has 4 rings (SSSR count). The van der Waals surface area contributed by atoms with Crippen molar-refractivity contribution in [1.29, 1.82) is 0 Å². The fraction of sp³-hybridized carbons (Fsp3) is 0.647. The van der Waals surface area contributed by atoms with Crippen LogP contribution in [0.3, 0.4) is 0 Å². The Labute approximate surface area is 126 Å². The van der Waals surface area contributed by atoms with E-state index in [1.807, 2.05) is 6.07 Å². The fourth-order valence-electron chi connectivity index (χ4n) is 3.99. The lowest BCUT2D eigenvalue weighted by molar-refractivity contribution is 0.174. The zero-order chi connectivity index (χ0) is 14.1. The summed E-state index contributed by atoms with van der Waals surface area (Å²) in [6.45, 7) is 3.73. The lowest BCUT2D eigenvalue weighted by Crippen LogP contribution is -2.52. The maximum Gasteiger partial charge on any atom is 0.231 e. The van der Waals surface area contributed by atoms with Crippen molar-refractivity contribution < 1.29 is 9.47 Å². The van der Waals surface area contributed by atoms with Gasteiger partial charge in [0.05, 0.1) is 0 Å². The number of fused-ring (bicyclic) bond motifs is 1. The third-order valence-corrected chi connectivity index (χ3v) is 5.13. The topological polar surface area (TPSA) is 33.7 Å². The highest BCUT2D eigenvalue weighted by molar-refractivity contribution is 5.57. The number of anilines is 1. The molecule has 0 unspecified atom stereocenters. The van der Waals surface area contributed by atoms with E-state index in [0.29, 0.717) is 12.3 Å². The van der Waals surface area contributed by atoms with Crippen molar-refractivity contribution in [3.8, 4) is 11.5 Å². The Bertz CT molecular complexity index is 512. The van der Waals surface area contributed by atoms with E-state index in [1.54, 1.807) is 0 Å². The summed E-state index contributed by atoms with van der Waals surface area (Å²) >= 11 is 0. The summed E-state index contributed by atoms with van der Waals surface area (Å²) in [4.78, 5) is 2.54. The molecule has 0 atom stereocenters. The lowest BCUT2D eigenvalue weighted by atomic mass is 9.81. The van der Waals surface area contributed by atoms with Gasteiger partial charge in [-0.15, -0.1) is 0 Å². The molecule has 0 bridgehead atoms. The van der Waals surface area contributed by atoms with E-state index in [2.05, 4.69) is 22.3 Å². The van der Waals surface area contributed by atoms with Crippen LogP contribution in [0.25, 0.3) is 0 Å². The van der Waals surface area contributed by atoms with Crippen molar-refractivity contribution in [2.75, 3.05) is 31.3 Å². The molecule has 2 aliphatic heterocycles. The Kier molecular flexibility index (Phi) is 3.42. The number of ether oxygens (including phenoxy) is 2. The summed E-state index contributed by atoms with van der Waals surface area (Å²) in [7, 11) is 0. The summed E-state index contributed by atoms with van der Waals surface area (Å²) in [6, 6.07) is 6.36. The summed E-state index contributed by atoms with van der Waals surface area (Å²) in [5.74, 6) is 1.77. The molecule has 0 radical (unpaired) electrons. The average molecular weight is 288 g/mol. The van der Waals surface area contributed by atoms with Crippen LogP contribution >= 0.6 is 0 Å². The van der Waals surface area contributed by atoms with Gasteiger partial charge in [0, 0.05) is 30.4 Å². The molecular formula is C17H24N2O2. The third kappa shape index (κ3) is 2.57. The van der Waals surface area contributed by atoms with Crippen LogP contribution in [0, 0.1) is 0 Å². The van der Waals surface area contributed by atoms with E-state index < -0.39 is 0 Å². The van der Waals surface area contributed by atoms with Crippen molar-refractivity contribution >= 4 is 5.69 Å². The molecule has 2 fully saturated rings. The summed E-state index contributed by atoms with van der Waals surface area (Å²) in [6.07, 6.45) is 7.95. The first-order chi connectivity index (χ1) is 10.3. The second-order valence-corrected chi connectivity index (χ2v) is 6.58. The van der Waals surface area contributed by atoms with Crippen LogP contribution in [0.15, 0.2) is 18.2 Å². The standard InChI is InChI=1S/C17H24N2O2/c1-2-7-17(8-3-1)12-19(10-4-9-18-17)14-5-6-15-16(11-14)21-13-20-15/h5-6,11,18H,1-4,7-10,12-13H2. The zero-order valence-electron chi connectivity index (χ0n) is 12.6. The normalized spacial score (nSPS) is 24.1. The van der Waals surface area contributed by atoms with Crippen LogP contribution in [0.5, 0.6) is 11.5 Å². The molecule has 1 saturated carbocycles. The van der Waals surface area contributed by atoms with Crippen molar-refractivity contribution in [2.24, 2.45) is 0 Å². The van der Waals surface area contributed by atoms with Gasteiger partial charge >= 0.3 is 0 Å². The van der Waals surface area contributed by atoms with E-state index in [4.69, 9.17) is 9.47 Å². The van der Waals surface area contributed by atoms with Crippen molar-refractivity contribution in [3.63, 3.8) is 0 Å². The van der Waals surface area contributed by atoms with Crippen molar-refractivity contribution in [1.82, 2.24) is 5.32 Å². The van der Waals surface area contributed by atoms with Gasteiger partial charge in [-0.2, -0.15) is 0 Å². The molecule has 21 heavy (non-hydrogen) atoms. The molecule has 1 spiro atoms. The number of hydrogen-bond acceptors (Lipinski definition) is 4. The molecule has 4 heteroatoms. The summed E-state index contributed by atoms with van der Waals surface area (Å²) in [5, 5.41) is 3.85. The van der Waals surface area contributed by atoms with E-state index in [0.717, 1.165) is 31.1 Å². The third-order valence-electron chi connectivity index (χ3n) is 5.13. The van der Waals surface area contributed by atoms with Crippen LogP contribution in [0.4, 0.5) is 5.69 Å². The highest BCUT2D eigenvalue weighted by Crippen LogP contribution is 2.37. The molecule has 114 valence electrons.